The SMILES string of the molecule is CCC(CC)(CBr)CNS(=O)(=O)c1cnc(C)s1. The molecule has 0 aliphatic heterocycles. The van der Waals surface area contributed by atoms with Gasteiger partial charge in [0, 0.05) is 11.9 Å². The van der Waals surface area contributed by atoms with Gasteiger partial charge in [-0.2, -0.15) is 0 Å². The Hall–Kier alpha value is 0.0200. The van der Waals surface area contributed by atoms with E-state index in [1.807, 2.05) is 0 Å². The lowest BCUT2D eigenvalue weighted by Gasteiger charge is -2.29. The summed E-state index contributed by atoms with van der Waals surface area (Å²) in [5.41, 5.74) is -0.0210. The van der Waals surface area contributed by atoms with Gasteiger partial charge in [-0.05, 0) is 25.2 Å². The Morgan fingerprint density at radius 1 is 1.44 bits per heavy atom. The lowest BCUT2D eigenvalue weighted by molar-refractivity contribution is 0.310. The third kappa shape index (κ3) is 3.76. The van der Waals surface area contributed by atoms with Crippen LogP contribution >= 0.6 is 27.3 Å². The molecule has 0 saturated heterocycles. The van der Waals surface area contributed by atoms with Crippen LogP contribution in [0.3, 0.4) is 0 Å². The van der Waals surface area contributed by atoms with Crippen molar-refractivity contribution in [1.29, 1.82) is 0 Å². The molecular formula is C11H19BrN2O2S2. The molecule has 104 valence electrons. The standard InChI is InChI=1S/C11H19BrN2O2S2/c1-4-11(5-2,7-12)8-14-18(15,16)10-6-13-9(3)17-10/h6,14H,4-5,7-8H2,1-3H3. The first kappa shape index (κ1) is 16.1. The first-order valence-corrected chi connectivity index (χ1v) is 9.29. The van der Waals surface area contributed by atoms with Crippen LogP contribution in [-0.2, 0) is 10.0 Å². The molecule has 1 heterocycles. The molecule has 0 bridgehead atoms. The molecule has 0 saturated carbocycles. The lowest BCUT2D eigenvalue weighted by Crippen LogP contribution is -2.37. The molecule has 7 heteroatoms. The van der Waals surface area contributed by atoms with Gasteiger partial charge in [-0.15, -0.1) is 11.3 Å². The second kappa shape index (κ2) is 6.45. The molecule has 0 spiro atoms. The second-order valence-electron chi connectivity index (χ2n) is 4.36. The molecule has 18 heavy (non-hydrogen) atoms. The molecule has 1 aromatic heterocycles. The highest BCUT2D eigenvalue weighted by molar-refractivity contribution is 9.09. The minimum atomic E-state index is -3.42. The molecule has 0 amide bonds. The average Bonchev–Trinajstić information content (AvgIpc) is 2.79. The number of halogens is 1. The van der Waals surface area contributed by atoms with E-state index in [1.54, 1.807) is 6.92 Å². The van der Waals surface area contributed by atoms with Crippen molar-refractivity contribution in [2.24, 2.45) is 5.41 Å². The highest BCUT2D eigenvalue weighted by Crippen LogP contribution is 2.28. The minimum absolute atomic E-state index is 0.0210. The third-order valence-electron chi connectivity index (χ3n) is 3.29. The zero-order valence-electron chi connectivity index (χ0n) is 10.9. The van der Waals surface area contributed by atoms with Crippen LogP contribution in [0, 0.1) is 12.3 Å². The highest BCUT2D eigenvalue weighted by Gasteiger charge is 2.28. The zero-order valence-corrected chi connectivity index (χ0v) is 14.1. The van der Waals surface area contributed by atoms with Crippen molar-refractivity contribution in [2.75, 3.05) is 11.9 Å². The van der Waals surface area contributed by atoms with Gasteiger partial charge in [0.15, 0.2) is 4.21 Å². The van der Waals surface area contributed by atoms with Crippen molar-refractivity contribution < 1.29 is 8.42 Å². The maximum Gasteiger partial charge on any atom is 0.251 e. The van der Waals surface area contributed by atoms with Gasteiger partial charge in [-0.3, -0.25) is 0 Å². The van der Waals surface area contributed by atoms with E-state index >= 15 is 0 Å². The van der Waals surface area contributed by atoms with Crippen LogP contribution in [0.2, 0.25) is 0 Å². The van der Waals surface area contributed by atoms with E-state index in [-0.39, 0.29) is 9.62 Å². The lowest BCUT2D eigenvalue weighted by atomic mass is 9.85. The van der Waals surface area contributed by atoms with Crippen LogP contribution in [0.4, 0.5) is 0 Å². The number of sulfonamides is 1. The zero-order chi connectivity index (χ0) is 13.8. The molecule has 0 fully saturated rings. The van der Waals surface area contributed by atoms with Crippen molar-refractivity contribution in [3.63, 3.8) is 0 Å². The van der Waals surface area contributed by atoms with Crippen molar-refractivity contribution >= 4 is 37.3 Å². The van der Waals surface area contributed by atoms with Crippen molar-refractivity contribution in [2.45, 2.75) is 37.8 Å². The molecule has 0 aliphatic rings. The Balaban J connectivity index is 2.79. The number of hydrogen-bond acceptors (Lipinski definition) is 4. The van der Waals surface area contributed by atoms with Crippen LogP contribution in [0.1, 0.15) is 31.7 Å². The number of hydrogen-bond donors (Lipinski definition) is 1. The van der Waals surface area contributed by atoms with Gasteiger partial charge in [0.1, 0.15) is 0 Å². The predicted molar refractivity (Wildman–Crippen MR) is 78.8 cm³/mol. The molecule has 0 aliphatic carbocycles. The summed E-state index contributed by atoms with van der Waals surface area (Å²) < 4.78 is 27.2. The first-order valence-electron chi connectivity index (χ1n) is 5.87. The summed E-state index contributed by atoms with van der Waals surface area (Å²) in [6.07, 6.45) is 3.27. The van der Waals surface area contributed by atoms with E-state index in [2.05, 4.69) is 39.5 Å². The van der Waals surface area contributed by atoms with Crippen molar-refractivity contribution in [3.05, 3.63) is 11.2 Å². The Morgan fingerprint density at radius 2 is 2.06 bits per heavy atom. The summed E-state index contributed by atoms with van der Waals surface area (Å²) in [4.78, 5) is 3.98. The predicted octanol–water partition coefficient (Wildman–Crippen LogP) is 2.93. The summed E-state index contributed by atoms with van der Waals surface area (Å²) in [5.74, 6) is 0. The van der Waals surface area contributed by atoms with Gasteiger partial charge >= 0.3 is 0 Å². The van der Waals surface area contributed by atoms with Gasteiger partial charge < -0.3 is 0 Å². The van der Waals surface area contributed by atoms with E-state index < -0.39 is 10.0 Å². The van der Waals surface area contributed by atoms with Crippen LogP contribution in [-0.4, -0.2) is 25.3 Å². The second-order valence-corrected chi connectivity index (χ2v) is 8.15. The van der Waals surface area contributed by atoms with E-state index in [4.69, 9.17) is 0 Å². The summed E-state index contributed by atoms with van der Waals surface area (Å²) in [5, 5.41) is 1.55. The van der Waals surface area contributed by atoms with Crippen LogP contribution in [0.15, 0.2) is 10.4 Å². The topological polar surface area (TPSA) is 59.1 Å². The Bertz CT molecular complexity index is 473. The minimum Gasteiger partial charge on any atom is -0.249 e. The number of aryl methyl sites for hydroxylation is 1. The van der Waals surface area contributed by atoms with Gasteiger partial charge in [-0.25, -0.2) is 18.1 Å². The van der Waals surface area contributed by atoms with E-state index in [0.29, 0.717) is 6.54 Å². The molecule has 0 aromatic carbocycles. The third-order valence-corrected chi connectivity index (χ3v) is 7.25. The number of nitrogens with zero attached hydrogens (tertiary/aromatic N) is 1. The van der Waals surface area contributed by atoms with Crippen LogP contribution in [0.25, 0.3) is 0 Å². The monoisotopic (exact) mass is 354 g/mol. The normalized spacial score (nSPS) is 12.9. The maximum absolute atomic E-state index is 12.1. The number of nitrogens with one attached hydrogen (secondary N) is 1. The molecule has 1 N–H and O–H groups in total. The quantitative estimate of drug-likeness (QED) is 0.765. The van der Waals surface area contributed by atoms with E-state index in [0.717, 1.165) is 23.2 Å². The van der Waals surface area contributed by atoms with Gasteiger partial charge in [0.05, 0.1) is 11.2 Å². The van der Waals surface area contributed by atoms with Gasteiger partial charge in [0.2, 0.25) is 0 Å². The van der Waals surface area contributed by atoms with Crippen molar-refractivity contribution in [1.82, 2.24) is 9.71 Å². The Morgan fingerprint density at radius 3 is 2.44 bits per heavy atom. The summed E-state index contributed by atoms with van der Waals surface area (Å²) in [6.45, 7) is 6.40. The first-order chi connectivity index (χ1) is 8.39. The van der Waals surface area contributed by atoms with E-state index in [9.17, 15) is 8.42 Å². The smallest absolute Gasteiger partial charge is 0.249 e. The fourth-order valence-electron chi connectivity index (χ4n) is 1.52. The molecule has 0 atom stereocenters. The van der Waals surface area contributed by atoms with Gasteiger partial charge in [-0.1, -0.05) is 29.8 Å². The molecule has 0 radical (unpaired) electrons. The fourth-order valence-corrected chi connectivity index (χ4v) is 4.82. The molecule has 0 unspecified atom stereocenters. The van der Waals surface area contributed by atoms with E-state index in [1.165, 1.54) is 17.5 Å². The summed E-state index contributed by atoms with van der Waals surface area (Å²) >= 11 is 4.67. The molecule has 4 nitrogen and oxygen atoms in total. The Labute approximate surface area is 121 Å². The number of alkyl halides is 1. The number of aromatic nitrogens is 1. The fraction of sp³-hybridized carbons (Fsp3) is 0.727. The van der Waals surface area contributed by atoms with Crippen LogP contribution < -0.4 is 4.72 Å². The average molecular weight is 355 g/mol. The maximum atomic E-state index is 12.1. The molecule has 1 aromatic rings. The summed E-state index contributed by atoms with van der Waals surface area (Å²) in [6, 6.07) is 0. The number of thiazole rings is 1. The number of rotatable bonds is 7. The van der Waals surface area contributed by atoms with Crippen molar-refractivity contribution in [3.8, 4) is 0 Å². The van der Waals surface area contributed by atoms with Gasteiger partial charge in [0.25, 0.3) is 10.0 Å². The molecule has 1 rings (SSSR count). The Kier molecular flexibility index (Phi) is 5.76. The molecular weight excluding hydrogens is 336 g/mol. The highest BCUT2D eigenvalue weighted by atomic mass is 79.9. The largest absolute Gasteiger partial charge is 0.251 e. The summed E-state index contributed by atoms with van der Waals surface area (Å²) in [7, 11) is -3.42. The van der Waals surface area contributed by atoms with Crippen LogP contribution in [0.5, 0.6) is 0 Å².